The Hall–Kier alpha value is -3.81. The van der Waals surface area contributed by atoms with Crippen molar-refractivity contribution in [2.75, 3.05) is 5.32 Å². The van der Waals surface area contributed by atoms with Crippen molar-refractivity contribution in [3.8, 4) is 11.4 Å². The summed E-state index contributed by atoms with van der Waals surface area (Å²) < 4.78 is 21.0. The van der Waals surface area contributed by atoms with Gasteiger partial charge in [0.25, 0.3) is 5.91 Å². The minimum atomic E-state index is -0.389. The topological polar surface area (TPSA) is 81.9 Å². The molecule has 0 radical (unpaired) electrons. The van der Waals surface area contributed by atoms with Gasteiger partial charge in [-0.05, 0) is 57.2 Å². The molecule has 8 heteroatoms. The highest BCUT2D eigenvalue weighted by molar-refractivity contribution is 6.09. The van der Waals surface area contributed by atoms with Crippen molar-refractivity contribution in [1.29, 1.82) is 0 Å². The molecule has 0 aliphatic rings. The maximum Gasteiger partial charge on any atom is 0.260 e. The summed E-state index contributed by atoms with van der Waals surface area (Å²) in [5.74, 6) is 0.764. The van der Waals surface area contributed by atoms with Gasteiger partial charge in [0.2, 0.25) is 0 Å². The molecule has 0 saturated carbocycles. The first-order chi connectivity index (χ1) is 14.4. The van der Waals surface area contributed by atoms with E-state index in [1.54, 1.807) is 23.7 Å². The number of fused-ring (bicyclic) bond motifs is 1. The minimum Gasteiger partial charge on any atom is -0.490 e. The number of benzene rings is 2. The summed E-state index contributed by atoms with van der Waals surface area (Å²) in [6, 6.07) is 11.5. The number of rotatable bonds is 5. The summed E-state index contributed by atoms with van der Waals surface area (Å²) in [5, 5.41) is 8.06. The molecular weight excluding hydrogens is 385 g/mol. The Kier molecular flexibility index (Phi) is 5.14. The summed E-state index contributed by atoms with van der Waals surface area (Å²) in [5.41, 5.74) is 1.69. The van der Waals surface area contributed by atoms with E-state index in [4.69, 9.17) is 4.74 Å². The van der Waals surface area contributed by atoms with Crippen LogP contribution in [0, 0.1) is 12.7 Å². The Bertz CT molecular complexity index is 1200. The minimum absolute atomic E-state index is 0.0705. The second-order valence-electron chi connectivity index (χ2n) is 7.03. The molecule has 30 heavy (non-hydrogen) atoms. The number of nitrogens with zero attached hydrogens (tertiary/aromatic N) is 4. The van der Waals surface area contributed by atoms with Crippen LogP contribution >= 0.6 is 0 Å². The van der Waals surface area contributed by atoms with E-state index in [-0.39, 0.29) is 17.8 Å². The molecular formula is C22H20FN5O2. The Labute approximate surface area is 172 Å². The van der Waals surface area contributed by atoms with Gasteiger partial charge in [0.15, 0.2) is 5.82 Å². The molecule has 0 bridgehead atoms. The highest BCUT2D eigenvalue weighted by atomic mass is 19.1. The van der Waals surface area contributed by atoms with Crippen LogP contribution in [0.2, 0.25) is 0 Å². The van der Waals surface area contributed by atoms with Crippen molar-refractivity contribution in [2.24, 2.45) is 0 Å². The zero-order valence-corrected chi connectivity index (χ0v) is 16.8. The van der Waals surface area contributed by atoms with Crippen LogP contribution in [0.3, 0.4) is 0 Å². The first-order valence-corrected chi connectivity index (χ1v) is 9.46. The Morgan fingerprint density at radius 2 is 1.80 bits per heavy atom. The van der Waals surface area contributed by atoms with E-state index in [1.807, 2.05) is 32.0 Å². The standard InChI is InChI=1S/C22H20FN5O2/c1-13(2)30-19-6-4-5-18-20(19)21(26-22(29)15-11-24-14(3)25-12-15)27-28(18)17-9-7-16(23)8-10-17/h4-13H,1-3H3,(H,26,27,29). The number of hydrogen-bond acceptors (Lipinski definition) is 5. The van der Waals surface area contributed by atoms with Gasteiger partial charge in [-0.15, -0.1) is 5.10 Å². The van der Waals surface area contributed by atoms with Crippen LogP contribution in [0.25, 0.3) is 16.6 Å². The quantitative estimate of drug-likeness (QED) is 0.535. The van der Waals surface area contributed by atoms with Gasteiger partial charge in [-0.3, -0.25) is 4.79 Å². The number of carbonyl (C=O) groups excluding carboxylic acids is 1. The number of anilines is 1. The van der Waals surface area contributed by atoms with Gasteiger partial charge in [-0.25, -0.2) is 19.0 Å². The summed E-state index contributed by atoms with van der Waals surface area (Å²) in [7, 11) is 0. The highest BCUT2D eigenvalue weighted by Gasteiger charge is 2.19. The number of amides is 1. The van der Waals surface area contributed by atoms with E-state index in [1.165, 1.54) is 24.5 Å². The van der Waals surface area contributed by atoms with Crippen molar-refractivity contribution in [3.63, 3.8) is 0 Å². The fourth-order valence-electron chi connectivity index (χ4n) is 3.05. The normalized spacial score (nSPS) is 11.1. The number of carbonyl (C=O) groups is 1. The number of ether oxygens (including phenoxy) is 1. The third kappa shape index (κ3) is 3.84. The third-order valence-corrected chi connectivity index (χ3v) is 4.38. The zero-order valence-electron chi connectivity index (χ0n) is 16.8. The van der Waals surface area contributed by atoms with Crippen molar-refractivity contribution < 1.29 is 13.9 Å². The first-order valence-electron chi connectivity index (χ1n) is 9.46. The molecule has 1 amide bonds. The van der Waals surface area contributed by atoms with E-state index < -0.39 is 0 Å². The van der Waals surface area contributed by atoms with E-state index in [9.17, 15) is 9.18 Å². The summed E-state index contributed by atoms with van der Waals surface area (Å²) in [6.45, 7) is 5.59. The molecule has 0 fully saturated rings. The monoisotopic (exact) mass is 405 g/mol. The zero-order chi connectivity index (χ0) is 21.3. The molecule has 4 rings (SSSR count). The van der Waals surface area contributed by atoms with E-state index in [2.05, 4.69) is 20.4 Å². The van der Waals surface area contributed by atoms with Gasteiger partial charge < -0.3 is 10.1 Å². The number of aromatic nitrogens is 4. The predicted molar refractivity (Wildman–Crippen MR) is 112 cm³/mol. The van der Waals surface area contributed by atoms with E-state index in [0.29, 0.717) is 34.0 Å². The number of hydrogen-bond donors (Lipinski definition) is 1. The molecule has 2 aromatic heterocycles. The number of nitrogens with one attached hydrogen (secondary N) is 1. The Balaban J connectivity index is 1.83. The molecule has 0 spiro atoms. The molecule has 7 nitrogen and oxygen atoms in total. The van der Waals surface area contributed by atoms with Crippen LogP contribution in [-0.2, 0) is 0 Å². The molecule has 2 heterocycles. The number of halogens is 1. The predicted octanol–water partition coefficient (Wildman–Crippen LogP) is 4.30. The molecule has 4 aromatic rings. The molecule has 1 N–H and O–H groups in total. The molecule has 152 valence electrons. The molecule has 0 aliphatic carbocycles. The van der Waals surface area contributed by atoms with Crippen molar-refractivity contribution in [2.45, 2.75) is 26.9 Å². The average molecular weight is 405 g/mol. The van der Waals surface area contributed by atoms with Gasteiger partial charge in [-0.2, -0.15) is 0 Å². The molecule has 0 unspecified atom stereocenters. The first kappa shape index (κ1) is 19.5. The highest BCUT2D eigenvalue weighted by Crippen LogP contribution is 2.34. The summed E-state index contributed by atoms with van der Waals surface area (Å²) in [4.78, 5) is 20.9. The lowest BCUT2D eigenvalue weighted by Gasteiger charge is -2.11. The van der Waals surface area contributed by atoms with Gasteiger partial charge in [0, 0.05) is 12.4 Å². The van der Waals surface area contributed by atoms with E-state index in [0.717, 1.165) is 5.52 Å². The molecule has 0 saturated heterocycles. The van der Waals surface area contributed by atoms with Crippen LogP contribution in [-0.4, -0.2) is 31.8 Å². The maximum atomic E-state index is 13.4. The van der Waals surface area contributed by atoms with Gasteiger partial charge in [-0.1, -0.05) is 6.07 Å². The largest absolute Gasteiger partial charge is 0.490 e. The molecule has 0 atom stereocenters. The molecule has 0 aliphatic heterocycles. The van der Waals surface area contributed by atoms with Gasteiger partial charge in [0.05, 0.1) is 28.3 Å². The fraction of sp³-hybridized carbons (Fsp3) is 0.182. The fourth-order valence-corrected chi connectivity index (χ4v) is 3.05. The summed E-state index contributed by atoms with van der Waals surface area (Å²) >= 11 is 0. The van der Waals surface area contributed by atoms with Crippen LogP contribution in [0.15, 0.2) is 54.9 Å². The maximum absolute atomic E-state index is 13.4. The smallest absolute Gasteiger partial charge is 0.260 e. The van der Waals surface area contributed by atoms with Crippen molar-refractivity contribution in [1.82, 2.24) is 19.7 Å². The lowest BCUT2D eigenvalue weighted by Crippen LogP contribution is -2.14. The Morgan fingerprint density at radius 1 is 1.10 bits per heavy atom. The van der Waals surface area contributed by atoms with Crippen LogP contribution < -0.4 is 10.1 Å². The lowest BCUT2D eigenvalue weighted by atomic mass is 10.2. The number of aryl methyl sites for hydroxylation is 1. The Morgan fingerprint density at radius 3 is 2.47 bits per heavy atom. The van der Waals surface area contributed by atoms with Gasteiger partial charge >= 0.3 is 0 Å². The second-order valence-corrected chi connectivity index (χ2v) is 7.03. The lowest BCUT2D eigenvalue weighted by molar-refractivity contribution is 0.102. The van der Waals surface area contributed by atoms with Crippen molar-refractivity contribution >= 4 is 22.6 Å². The van der Waals surface area contributed by atoms with Crippen LogP contribution in [0.5, 0.6) is 5.75 Å². The van der Waals surface area contributed by atoms with Gasteiger partial charge in [0.1, 0.15) is 17.4 Å². The summed E-state index contributed by atoms with van der Waals surface area (Å²) in [6.07, 6.45) is 2.85. The second kappa shape index (κ2) is 7.90. The third-order valence-electron chi connectivity index (χ3n) is 4.38. The molecule has 2 aromatic carbocycles. The average Bonchev–Trinajstić information content (AvgIpc) is 3.08. The van der Waals surface area contributed by atoms with Crippen LogP contribution in [0.1, 0.15) is 30.0 Å². The SMILES string of the molecule is Cc1ncc(C(=O)Nc2nn(-c3ccc(F)cc3)c3cccc(OC(C)C)c23)cn1. The van der Waals surface area contributed by atoms with E-state index >= 15 is 0 Å². The van der Waals surface area contributed by atoms with Crippen molar-refractivity contribution in [3.05, 3.63) is 72.1 Å². The van der Waals surface area contributed by atoms with Crippen LogP contribution in [0.4, 0.5) is 10.2 Å².